The molecule has 0 heterocycles. The van der Waals surface area contributed by atoms with Crippen LogP contribution in [0.2, 0.25) is 0 Å². The summed E-state index contributed by atoms with van der Waals surface area (Å²) in [7, 11) is 0. The number of esters is 1. The van der Waals surface area contributed by atoms with Crippen molar-refractivity contribution in [1.82, 2.24) is 0 Å². The molecule has 1 aliphatic rings. The largest absolute Gasteiger partial charge is 0.426 e. The van der Waals surface area contributed by atoms with Crippen LogP contribution >= 0.6 is 0 Å². The van der Waals surface area contributed by atoms with E-state index >= 15 is 0 Å². The molecule has 0 radical (unpaired) electrons. The quantitative estimate of drug-likeness (QED) is 0.507. The van der Waals surface area contributed by atoms with Crippen LogP contribution in [-0.4, -0.2) is 5.97 Å². The summed E-state index contributed by atoms with van der Waals surface area (Å²) in [6.07, 6.45) is 7.26. The second-order valence-corrected chi connectivity index (χ2v) is 7.50. The number of ether oxygens (including phenoxy) is 1. The molecule has 2 aromatic rings. The molecule has 0 atom stereocenters. The summed E-state index contributed by atoms with van der Waals surface area (Å²) in [5.74, 6) is 1.41. The molecule has 0 N–H and O–H groups in total. The Morgan fingerprint density at radius 3 is 2.04 bits per heavy atom. The van der Waals surface area contributed by atoms with Gasteiger partial charge < -0.3 is 4.74 Å². The first-order valence-corrected chi connectivity index (χ1v) is 9.97. The summed E-state index contributed by atoms with van der Waals surface area (Å²) in [6.45, 7) is 2.23. The number of carbonyl (C=O) groups is 1. The van der Waals surface area contributed by atoms with Crippen molar-refractivity contribution in [1.29, 1.82) is 5.26 Å². The van der Waals surface area contributed by atoms with E-state index in [4.69, 9.17) is 10.00 Å². The van der Waals surface area contributed by atoms with E-state index in [0.717, 1.165) is 44.4 Å². The molecule has 3 rings (SSSR count). The predicted molar refractivity (Wildman–Crippen MR) is 106 cm³/mol. The van der Waals surface area contributed by atoms with E-state index in [1.54, 1.807) is 0 Å². The first-order valence-electron chi connectivity index (χ1n) is 9.97. The summed E-state index contributed by atoms with van der Waals surface area (Å²) < 4.78 is 5.60. The molecule has 3 nitrogen and oxygen atoms in total. The van der Waals surface area contributed by atoms with Gasteiger partial charge in [0.25, 0.3) is 0 Å². The molecule has 0 bridgehead atoms. The Bertz CT molecular complexity index is 779. The smallest absolute Gasteiger partial charge is 0.314 e. The van der Waals surface area contributed by atoms with E-state index in [1.807, 2.05) is 48.5 Å². The van der Waals surface area contributed by atoms with Gasteiger partial charge in [-0.15, -0.1) is 0 Å². The van der Waals surface area contributed by atoms with E-state index in [2.05, 4.69) is 13.0 Å². The maximum Gasteiger partial charge on any atom is 0.314 e. The molecule has 1 aliphatic carbocycles. The zero-order chi connectivity index (χ0) is 19.1. The van der Waals surface area contributed by atoms with E-state index in [0.29, 0.717) is 11.3 Å². The molecule has 0 spiro atoms. The molecule has 1 saturated carbocycles. The van der Waals surface area contributed by atoms with E-state index in [1.165, 1.54) is 17.5 Å². The lowest BCUT2D eigenvalue weighted by Gasteiger charge is -2.26. The van der Waals surface area contributed by atoms with Crippen molar-refractivity contribution in [2.75, 3.05) is 0 Å². The highest BCUT2D eigenvalue weighted by atomic mass is 16.5. The second kappa shape index (κ2) is 9.37. The minimum atomic E-state index is -0.0742. The average molecular weight is 361 g/mol. The molecule has 0 aliphatic heterocycles. The number of hydrogen-bond donors (Lipinski definition) is 0. The highest BCUT2D eigenvalue weighted by molar-refractivity contribution is 5.75. The summed E-state index contributed by atoms with van der Waals surface area (Å²) in [5.41, 5.74) is 3.11. The Labute approximate surface area is 162 Å². The third-order valence-electron chi connectivity index (χ3n) is 5.68. The number of nitrogens with zero attached hydrogens (tertiary/aromatic N) is 1. The first kappa shape index (κ1) is 19.2. The van der Waals surface area contributed by atoms with Gasteiger partial charge >= 0.3 is 5.97 Å². The van der Waals surface area contributed by atoms with E-state index < -0.39 is 0 Å². The Kier molecular flexibility index (Phi) is 6.65. The molecule has 2 aromatic carbocycles. The van der Waals surface area contributed by atoms with Gasteiger partial charge in [0.2, 0.25) is 0 Å². The standard InChI is InChI=1S/C24H27NO2/c1-2-18-9-13-22(14-10-18)24(26)27-23-15-11-20(12-16-23)4-3-19-5-7-21(17-25)8-6-19/h5-8,11-12,15-16,18,22H,2-4,9-10,13-14H2,1H3. The van der Waals surface area contributed by atoms with Crippen LogP contribution in [0.3, 0.4) is 0 Å². The fourth-order valence-electron chi connectivity index (χ4n) is 3.76. The molecule has 140 valence electrons. The molecule has 0 saturated heterocycles. The van der Waals surface area contributed by atoms with Crippen molar-refractivity contribution in [3.8, 4) is 11.8 Å². The zero-order valence-corrected chi connectivity index (χ0v) is 16.0. The number of aryl methyl sites for hydroxylation is 2. The fourth-order valence-corrected chi connectivity index (χ4v) is 3.76. The van der Waals surface area contributed by atoms with Crippen LogP contribution < -0.4 is 4.74 Å². The van der Waals surface area contributed by atoms with Crippen LogP contribution in [0, 0.1) is 23.2 Å². The maximum atomic E-state index is 12.4. The highest BCUT2D eigenvalue weighted by Crippen LogP contribution is 2.31. The Hall–Kier alpha value is -2.60. The monoisotopic (exact) mass is 361 g/mol. The summed E-state index contributed by atoms with van der Waals surface area (Å²) in [6, 6.07) is 17.7. The number of benzene rings is 2. The fraction of sp³-hybridized carbons (Fsp3) is 0.417. The summed E-state index contributed by atoms with van der Waals surface area (Å²) in [5, 5.41) is 8.85. The van der Waals surface area contributed by atoms with Crippen molar-refractivity contribution in [2.24, 2.45) is 11.8 Å². The van der Waals surface area contributed by atoms with Gasteiger partial charge in [-0.25, -0.2) is 0 Å². The Morgan fingerprint density at radius 1 is 0.963 bits per heavy atom. The molecular formula is C24H27NO2. The average Bonchev–Trinajstić information content (AvgIpc) is 2.73. The Morgan fingerprint density at radius 2 is 1.52 bits per heavy atom. The van der Waals surface area contributed by atoms with Gasteiger partial charge in [0.1, 0.15) is 5.75 Å². The number of rotatable bonds is 6. The lowest BCUT2D eigenvalue weighted by molar-refractivity contribution is -0.140. The van der Waals surface area contributed by atoms with Gasteiger partial charge in [-0.2, -0.15) is 5.26 Å². The van der Waals surface area contributed by atoms with Gasteiger partial charge in [-0.1, -0.05) is 37.6 Å². The molecule has 0 amide bonds. The lowest BCUT2D eigenvalue weighted by atomic mass is 9.81. The normalized spacial score (nSPS) is 19.3. The minimum absolute atomic E-state index is 0.0591. The molecular weight excluding hydrogens is 334 g/mol. The number of nitriles is 1. The first-order chi connectivity index (χ1) is 13.2. The summed E-state index contributed by atoms with van der Waals surface area (Å²) >= 11 is 0. The van der Waals surface area contributed by atoms with Gasteiger partial charge in [-0.3, -0.25) is 4.79 Å². The van der Waals surface area contributed by atoms with E-state index in [9.17, 15) is 4.79 Å². The van der Waals surface area contributed by atoms with Gasteiger partial charge in [0.05, 0.1) is 17.6 Å². The SMILES string of the molecule is CCC1CCC(C(=O)Oc2ccc(CCc3ccc(C#N)cc3)cc2)CC1. The van der Waals surface area contributed by atoms with Crippen molar-refractivity contribution < 1.29 is 9.53 Å². The molecule has 1 fully saturated rings. The van der Waals surface area contributed by atoms with Gasteiger partial charge in [0.15, 0.2) is 0 Å². The summed E-state index contributed by atoms with van der Waals surface area (Å²) in [4.78, 5) is 12.4. The molecule has 3 heteroatoms. The van der Waals surface area contributed by atoms with Crippen LogP contribution in [0.15, 0.2) is 48.5 Å². The van der Waals surface area contributed by atoms with Crippen molar-refractivity contribution >= 4 is 5.97 Å². The van der Waals surface area contributed by atoms with Crippen LogP contribution in [0.25, 0.3) is 0 Å². The molecule has 27 heavy (non-hydrogen) atoms. The van der Waals surface area contributed by atoms with Crippen LogP contribution in [0.1, 0.15) is 55.7 Å². The van der Waals surface area contributed by atoms with Crippen LogP contribution in [0.5, 0.6) is 5.75 Å². The zero-order valence-electron chi connectivity index (χ0n) is 16.0. The number of carbonyl (C=O) groups excluding carboxylic acids is 1. The van der Waals surface area contributed by atoms with Gasteiger partial charge in [0, 0.05) is 0 Å². The topological polar surface area (TPSA) is 50.1 Å². The lowest BCUT2D eigenvalue weighted by Crippen LogP contribution is -2.25. The third-order valence-corrected chi connectivity index (χ3v) is 5.68. The number of hydrogen-bond acceptors (Lipinski definition) is 3. The second-order valence-electron chi connectivity index (χ2n) is 7.50. The Balaban J connectivity index is 1.48. The van der Waals surface area contributed by atoms with Crippen LogP contribution in [0.4, 0.5) is 0 Å². The predicted octanol–water partition coefficient (Wildman–Crippen LogP) is 5.47. The van der Waals surface area contributed by atoms with Crippen molar-refractivity contribution in [2.45, 2.75) is 51.9 Å². The van der Waals surface area contributed by atoms with Crippen molar-refractivity contribution in [3.63, 3.8) is 0 Å². The third kappa shape index (κ3) is 5.44. The van der Waals surface area contributed by atoms with E-state index in [-0.39, 0.29) is 11.9 Å². The van der Waals surface area contributed by atoms with Gasteiger partial charge in [-0.05, 0) is 79.8 Å². The molecule has 0 aromatic heterocycles. The van der Waals surface area contributed by atoms with Crippen molar-refractivity contribution in [3.05, 3.63) is 65.2 Å². The maximum absolute atomic E-state index is 12.4. The molecule has 0 unspecified atom stereocenters. The van der Waals surface area contributed by atoms with Crippen LogP contribution in [-0.2, 0) is 17.6 Å². The minimum Gasteiger partial charge on any atom is -0.426 e. The highest BCUT2D eigenvalue weighted by Gasteiger charge is 2.26.